The number of hydrogen-bond acceptors (Lipinski definition) is 2. The van der Waals surface area contributed by atoms with Crippen LogP contribution in [0.1, 0.15) is 2.85 Å². The van der Waals surface area contributed by atoms with Crippen molar-refractivity contribution >= 4 is 55.1 Å². The average Bonchev–Trinajstić information content (AvgIpc) is 0.811. The molecule has 0 saturated carbocycles. The summed E-state index contributed by atoms with van der Waals surface area (Å²) in [5, 5.41) is 0. The van der Waals surface area contributed by atoms with E-state index in [2.05, 4.69) is 0 Å². The van der Waals surface area contributed by atoms with Gasteiger partial charge in [0.1, 0.15) is 0 Å². The average molecular weight is 172 g/mol. The Morgan fingerprint density at radius 3 is 1.50 bits per heavy atom. The SMILES string of the molecule is [AlH3].[Ca+2].[H-].[H-].[O]=[V](=[O])[OH]. The van der Waals surface area contributed by atoms with Crippen LogP contribution >= 0.6 is 0 Å². The Balaban J connectivity index is -0.00000000750. The fourth-order valence-corrected chi connectivity index (χ4v) is 0. The van der Waals surface area contributed by atoms with Gasteiger partial charge in [0.25, 0.3) is 0 Å². The Kier molecular flexibility index (Phi) is 26.2. The van der Waals surface area contributed by atoms with Crippen molar-refractivity contribution in [1.29, 1.82) is 0 Å². The van der Waals surface area contributed by atoms with Crippen LogP contribution in [0.3, 0.4) is 0 Å². The first-order chi connectivity index (χ1) is 1.73. The number of hydrogen-bond donors (Lipinski definition) is 1. The molecule has 0 saturated heterocycles. The Bertz CT molecular complexity index is 65.7. The zero-order chi connectivity index (χ0) is 3.58. The van der Waals surface area contributed by atoms with Gasteiger partial charge in [-0.05, 0) is 0 Å². The Morgan fingerprint density at radius 2 is 1.50 bits per heavy atom. The molecule has 0 atom stereocenters. The predicted octanol–water partition coefficient (Wildman–Crippen LogP) is -2.14. The first kappa shape index (κ1) is 15.7. The molecule has 0 spiro atoms. The van der Waals surface area contributed by atoms with Crippen LogP contribution < -0.4 is 0 Å². The molecule has 0 bridgehead atoms. The maximum atomic E-state index is 8.67. The fourth-order valence-electron chi connectivity index (χ4n) is 0. The standard InChI is InChI=1S/Al.Ca.H2O.2O.V.5H/h;;1H2;;;;;;;;/q;+2;;;;+1;;;;2*-1/p-1. The van der Waals surface area contributed by atoms with E-state index in [0.29, 0.717) is 0 Å². The van der Waals surface area contributed by atoms with E-state index in [-0.39, 0.29) is 58.0 Å². The van der Waals surface area contributed by atoms with Crippen molar-refractivity contribution in [3.05, 3.63) is 0 Å². The first-order valence-corrected chi connectivity index (χ1v) is 2.33. The Labute approximate surface area is 83.6 Å². The molecule has 34 valence electrons. The van der Waals surface area contributed by atoms with Crippen LogP contribution in [0.2, 0.25) is 0 Å². The zero-order valence-electron chi connectivity index (χ0n) is 4.42. The Morgan fingerprint density at radius 1 is 1.50 bits per heavy atom. The van der Waals surface area contributed by atoms with Gasteiger partial charge in [-0.25, -0.2) is 0 Å². The molecule has 0 aromatic heterocycles. The van der Waals surface area contributed by atoms with Crippen molar-refractivity contribution in [3.63, 3.8) is 0 Å². The third-order valence-corrected chi connectivity index (χ3v) is 0. The van der Waals surface area contributed by atoms with Gasteiger partial charge >= 0.3 is 64.5 Å². The van der Waals surface area contributed by atoms with Crippen molar-refractivity contribution in [1.82, 2.24) is 0 Å². The molecule has 0 aliphatic heterocycles. The summed E-state index contributed by atoms with van der Waals surface area (Å²) in [6, 6.07) is 0. The molecule has 3 nitrogen and oxygen atoms in total. The molecule has 0 rings (SSSR count). The van der Waals surface area contributed by atoms with E-state index in [9.17, 15) is 0 Å². The van der Waals surface area contributed by atoms with E-state index in [1.807, 2.05) is 0 Å². The van der Waals surface area contributed by atoms with E-state index in [0.717, 1.165) is 0 Å². The predicted molar refractivity (Wildman–Crippen MR) is 21.5 cm³/mol. The summed E-state index contributed by atoms with van der Waals surface area (Å²) in [6.07, 6.45) is 0. The summed E-state index contributed by atoms with van der Waals surface area (Å²) in [5.41, 5.74) is 0. The van der Waals surface area contributed by atoms with Crippen LogP contribution in [0, 0.1) is 0 Å². The zero-order valence-corrected chi connectivity index (χ0v) is 6.02. The fraction of sp³-hybridized carbons (Fsp3) is 0. The van der Waals surface area contributed by atoms with Gasteiger partial charge in [0, 0.05) is 0 Å². The van der Waals surface area contributed by atoms with E-state index in [1.54, 1.807) is 0 Å². The topological polar surface area (TPSA) is 54.4 Å². The molecular weight excluding hydrogens is 166 g/mol. The molecule has 6 heteroatoms. The third-order valence-electron chi connectivity index (χ3n) is 0. The summed E-state index contributed by atoms with van der Waals surface area (Å²) in [7, 11) is 0. The van der Waals surface area contributed by atoms with Gasteiger partial charge in [-0.1, -0.05) is 0 Å². The Hall–Kier alpha value is 1.94. The molecule has 0 amide bonds. The van der Waals surface area contributed by atoms with Crippen molar-refractivity contribution in [3.8, 4) is 0 Å². The molecule has 0 fully saturated rings. The second-order valence-corrected chi connectivity index (χ2v) is 0.981. The third kappa shape index (κ3) is 38.6. The van der Waals surface area contributed by atoms with Gasteiger partial charge < -0.3 is 2.85 Å². The van der Waals surface area contributed by atoms with E-state index >= 15 is 0 Å². The molecule has 0 unspecified atom stereocenters. The van der Waals surface area contributed by atoms with Gasteiger partial charge in [0.15, 0.2) is 17.4 Å². The van der Waals surface area contributed by atoms with Gasteiger partial charge in [-0.15, -0.1) is 0 Å². The van der Waals surface area contributed by atoms with Crippen molar-refractivity contribution in [2.75, 3.05) is 0 Å². The minimum atomic E-state index is -3.69. The summed E-state index contributed by atoms with van der Waals surface area (Å²) in [4.78, 5) is 0. The van der Waals surface area contributed by atoms with Crippen LogP contribution in [0.25, 0.3) is 0 Å². The molecular formula is H6AlCaO3V. The van der Waals surface area contributed by atoms with Gasteiger partial charge in [0.05, 0.1) is 0 Å². The van der Waals surface area contributed by atoms with Crippen molar-refractivity contribution < 1.29 is 29.6 Å². The number of rotatable bonds is 0. The van der Waals surface area contributed by atoms with Crippen LogP contribution in [-0.2, 0) is 22.7 Å². The van der Waals surface area contributed by atoms with Gasteiger partial charge in [0.2, 0.25) is 0 Å². The summed E-state index contributed by atoms with van der Waals surface area (Å²) < 4.78 is 24.4. The van der Waals surface area contributed by atoms with Crippen molar-refractivity contribution in [2.45, 2.75) is 0 Å². The van der Waals surface area contributed by atoms with Crippen LogP contribution in [0.5, 0.6) is 0 Å². The summed E-state index contributed by atoms with van der Waals surface area (Å²) in [5.74, 6) is 0. The second-order valence-electron chi connectivity index (χ2n) is 0.238. The van der Waals surface area contributed by atoms with Gasteiger partial charge in [-0.2, -0.15) is 0 Å². The minimum absolute atomic E-state index is 0. The molecule has 0 aliphatic rings. The van der Waals surface area contributed by atoms with E-state index < -0.39 is 15.4 Å². The van der Waals surface area contributed by atoms with Crippen molar-refractivity contribution in [2.24, 2.45) is 0 Å². The molecule has 6 heavy (non-hydrogen) atoms. The first-order valence-electron chi connectivity index (χ1n) is 0.565. The molecule has 0 heterocycles. The van der Waals surface area contributed by atoms with E-state index in [4.69, 9.17) is 11.4 Å². The van der Waals surface area contributed by atoms with Gasteiger partial charge in [-0.3, -0.25) is 0 Å². The summed E-state index contributed by atoms with van der Waals surface area (Å²) >= 11 is -3.69. The molecule has 1 N–H and O–H groups in total. The monoisotopic (exact) mass is 172 g/mol. The van der Waals surface area contributed by atoms with E-state index in [1.165, 1.54) is 0 Å². The molecule has 0 aromatic rings. The quantitative estimate of drug-likeness (QED) is 0.424. The van der Waals surface area contributed by atoms with Crippen LogP contribution in [0.15, 0.2) is 0 Å². The summed E-state index contributed by atoms with van der Waals surface area (Å²) in [6.45, 7) is 0. The van der Waals surface area contributed by atoms with Crippen LogP contribution in [0.4, 0.5) is 0 Å². The normalized spacial score (nSPS) is 4.17. The maximum absolute atomic E-state index is 8.67. The molecule has 0 radical (unpaired) electrons. The second kappa shape index (κ2) is 10.0. The molecule has 0 aromatic carbocycles. The van der Waals surface area contributed by atoms with Crippen LogP contribution in [-0.4, -0.2) is 59.1 Å². The molecule has 0 aliphatic carbocycles.